The SMILES string of the molecule is CCc1cc(CC(O)c2cccc(N(C)C)c2)n(C)n1. The summed E-state index contributed by atoms with van der Waals surface area (Å²) < 4.78 is 1.86. The van der Waals surface area contributed by atoms with E-state index in [1.54, 1.807) is 0 Å². The fourth-order valence-electron chi connectivity index (χ4n) is 2.26. The van der Waals surface area contributed by atoms with Crippen molar-refractivity contribution in [1.82, 2.24) is 9.78 Å². The lowest BCUT2D eigenvalue weighted by molar-refractivity contribution is 0.176. The van der Waals surface area contributed by atoms with E-state index < -0.39 is 6.10 Å². The number of aromatic nitrogens is 2. The van der Waals surface area contributed by atoms with Crippen LogP contribution in [0.2, 0.25) is 0 Å². The van der Waals surface area contributed by atoms with Gasteiger partial charge in [0.05, 0.1) is 11.8 Å². The second-order valence-corrected chi connectivity index (χ2v) is 5.31. The quantitative estimate of drug-likeness (QED) is 0.909. The van der Waals surface area contributed by atoms with E-state index in [0.29, 0.717) is 6.42 Å². The van der Waals surface area contributed by atoms with E-state index in [-0.39, 0.29) is 0 Å². The highest BCUT2D eigenvalue weighted by Crippen LogP contribution is 2.22. The molecule has 20 heavy (non-hydrogen) atoms. The first kappa shape index (κ1) is 14.6. The number of nitrogens with zero attached hydrogens (tertiary/aromatic N) is 3. The third kappa shape index (κ3) is 3.20. The Hall–Kier alpha value is -1.81. The van der Waals surface area contributed by atoms with E-state index >= 15 is 0 Å². The van der Waals surface area contributed by atoms with Crippen LogP contribution in [0.4, 0.5) is 5.69 Å². The number of aliphatic hydroxyl groups is 1. The van der Waals surface area contributed by atoms with Crippen molar-refractivity contribution in [2.45, 2.75) is 25.9 Å². The molecule has 0 aliphatic rings. The smallest absolute Gasteiger partial charge is 0.0846 e. The molecule has 0 saturated heterocycles. The van der Waals surface area contributed by atoms with Crippen LogP contribution in [0.5, 0.6) is 0 Å². The van der Waals surface area contributed by atoms with E-state index in [1.165, 1.54) is 0 Å². The Labute approximate surface area is 120 Å². The number of hydrogen-bond donors (Lipinski definition) is 1. The Morgan fingerprint density at radius 2 is 2.05 bits per heavy atom. The van der Waals surface area contributed by atoms with Gasteiger partial charge in [-0.1, -0.05) is 19.1 Å². The Balaban J connectivity index is 2.16. The zero-order chi connectivity index (χ0) is 14.7. The first-order valence-corrected chi connectivity index (χ1v) is 6.98. The molecule has 1 atom stereocenters. The van der Waals surface area contributed by atoms with Crippen LogP contribution in [0.25, 0.3) is 0 Å². The summed E-state index contributed by atoms with van der Waals surface area (Å²) in [4.78, 5) is 2.04. The first-order chi connectivity index (χ1) is 9.51. The summed E-state index contributed by atoms with van der Waals surface area (Å²) in [6, 6.07) is 10.1. The number of aliphatic hydroxyl groups excluding tert-OH is 1. The number of hydrogen-bond acceptors (Lipinski definition) is 3. The summed E-state index contributed by atoms with van der Waals surface area (Å²) in [7, 11) is 5.93. The minimum absolute atomic E-state index is 0.505. The fourth-order valence-corrected chi connectivity index (χ4v) is 2.26. The molecule has 0 radical (unpaired) electrons. The monoisotopic (exact) mass is 273 g/mol. The molecule has 2 aromatic rings. The molecule has 4 heteroatoms. The third-order valence-corrected chi connectivity index (χ3v) is 3.56. The molecule has 0 amide bonds. The van der Waals surface area contributed by atoms with Gasteiger partial charge in [-0.25, -0.2) is 0 Å². The van der Waals surface area contributed by atoms with Crippen LogP contribution < -0.4 is 4.90 Å². The van der Waals surface area contributed by atoms with Crippen LogP contribution in [0.3, 0.4) is 0 Å². The molecule has 1 heterocycles. The van der Waals surface area contributed by atoms with E-state index in [0.717, 1.165) is 29.1 Å². The maximum atomic E-state index is 10.4. The highest BCUT2D eigenvalue weighted by atomic mass is 16.3. The second-order valence-electron chi connectivity index (χ2n) is 5.31. The predicted octanol–water partition coefficient (Wildman–Crippen LogP) is 2.32. The summed E-state index contributed by atoms with van der Waals surface area (Å²) in [5.41, 5.74) is 4.16. The van der Waals surface area contributed by atoms with Crippen molar-refractivity contribution >= 4 is 5.69 Å². The number of aryl methyl sites for hydroxylation is 2. The third-order valence-electron chi connectivity index (χ3n) is 3.56. The van der Waals surface area contributed by atoms with Crippen LogP contribution in [0, 0.1) is 0 Å². The second kappa shape index (κ2) is 6.09. The van der Waals surface area contributed by atoms with Crippen molar-refractivity contribution < 1.29 is 5.11 Å². The molecular weight excluding hydrogens is 250 g/mol. The van der Waals surface area contributed by atoms with Crippen LogP contribution in [0.15, 0.2) is 30.3 Å². The van der Waals surface area contributed by atoms with E-state index in [4.69, 9.17) is 0 Å². The Morgan fingerprint density at radius 3 is 2.65 bits per heavy atom. The summed E-state index contributed by atoms with van der Waals surface area (Å²) in [5.74, 6) is 0. The topological polar surface area (TPSA) is 41.3 Å². The van der Waals surface area contributed by atoms with Gasteiger partial charge in [-0.05, 0) is 30.2 Å². The summed E-state index contributed by atoms with van der Waals surface area (Å²) in [6.45, 7) is 2.09. The van der Waals surface area contributed by atoms with Gasteiger partial charge in [0.15, 0.2) is 0 Å². The zero-order valence-corrected chi connectivity index (χ0v) is 12.7. The van der Waals surface area contributed by atoms with Crippen molar-refractivity contribution in [3.63, 3.8) is 0 Å². The van der Waals surface area contributed by atoms with Crippen molar-refractivity contribution in [3.8, 4) is 0 Å². The average Bonchev–Trinajstić information content (AvgIpc) is 2.79. The van der Waals surface area contributed by atoms with Crippen LogP contribution in [-0.2, 0) is 19.9 Å². The Morgan fingerprint density at radius 1 is 1.30 bits per heavy atom. The van der Waals surface area contributed by atoms with Crippen LogP contribution >= 0.6 is 0 Å². The summed E-state index contributed by atoms with van der Waals surface area (Å²) >= 11 is 0. The normalized spacial score (nSPS) is 12.4. The minimum atomic E-state index is -0.505. The lowest BCUT2D eigenvalue weighted by Gasteiger charge is -2.16. The average molecular weight is 273 g/mol. The van der Waals surface area contributed by atoms with E-state index in [9.17, 15) is 5.11 Å². The van der Waals surface area contributed by atoms with Crippen molar-refractivity contribution in [2.24, 2.45) is 7.05 Å². The standard InChI is InChI=1S/C16H23N3O/c1-5-13-10-15(19(4)17-13)11-16(20)12-7-6-8-14(9-12)18(2)3/h6-10,16,20H,5,11H2,1-4H3. The largest absolute Gasteiger partial charge is 0.388 e. The number of benzene rings is 1. The van der Waals surface area contributed by atoms with Gasteiger partial charge in [0.25, 0.3) is 0 Å². The maximum Gasteiger partial charge on any atom is 0.0846 e. The number of anilines is 1. The molecule has 0 aliphatic heterocycles. The van der Waals surface area contributed by atoms with Gasteiger partial charge in [-0.15, -0.1) is 0 Å². The molecule has 1 N–H and O–H groups in total. The molecule has 0 saturated carbocycles. The molecule has 0 fully saturated rings. The highest BCUT2D eigenvalue weighted by molar-refractivity contribution is 5.47. The molecule has 1 aromatic heterocycles. The molecule has 4 nitrogen and oxygen atoms in total. The lowest BCUT2D eigenvalue weighted by atomic mass is 10.0. The van der Waals surface area contributed by atoms with Crippen molar-refractivity contribution in [3.05, 3.63) is 47.3 Å². The fraction of sp³-hybridized carbons (Fsp3) is 0.438. The Kier molecular flexibility index (Phi) is 4.45. The molecule has 2 rings (SSSR count). The zero-order valence-electron chi connectivity index (χ0n) is 12.7. The van der Waals surface area contributed by atoms with Crippen LogP contribution in [-0.4, -0.2) is 29.0 Å². The van der Waals surface area contributed by atoms with Gasteiger partial charge < -0.3 is 10.0 Å². The van der Waals surface area contributed by atoms with Gasteiger partial charge in [0.1, 0.15) is 0 Å². The molecule has 108 valence electrons. The van der Waals surface area contributed by atoms with Crippen LogP contribution in [0.1, 0.15) is 30.0 Å². The highest BCUT2D eigenvalue weighted by Gasteiger charge is 2.13. The van der Waals surface area contributed by atoms with Gasteiger partial charge in [0.2, 0.25) is 0 Å². The van der Waals surface area contributed by atoms with E-state index in [2.05, 4.69) is 18.1 Å². The molecule has 1 unspecified atom stereocenters. The van der Waals surface area contributed by atoms with Crippen molar-refractivity contribution in [2.75, 3.05) is 19.0 Å². The number of rotatable bonds is 5. The van der Waals surface area contributed by atoms with E-state index in [1.807, 2.05) is 55.0 Å². The van der Waals surface area contributed by atoms with Gasteiger partial charge in [-0.2, -0.15) is 5.10 Å². The lowest BCUT2D eigenvalue weighted by Crippen LogP contribution is -2.10. The van der Waals surface area contributed by atoms with Gasteiger partial charge in [0, 0.05) is 38.9 Å². The summed E-state index contributed by atoms with van der Waals surface area (Å²) in [6.07, 6.45) is 0.996. The molecule has 0 spiro atoms. The van der Waals surface area contributed by atoms with Gasteiger partial charge in [-0.3, -0.25) is 4.68 Å². The molecular formula is C16H23N3O. The first-order valence-electron chi connectivity index (χ1n) is 6.98. The maximum absolute atomic E-state index is 10.4. The molecule has 0 aliphatic carbocycles. The molecule has 0 bridgehead atoms. The van der Waals surface area contributed by atoms with Crippen molar-refractivity contribution in [1.29, 1.82) is 0 Å². The van der Waals surface area contributed by atoms with Gasteiger partial charge >= 0.3 is 0 Å². The predicted molar refractivity (Wildman–Crippen MR) is 82.0 cm³/mol. The summed E-state index contributed by atoms with van der Waals surface area (Å²) in [5, 5.41) is 14.8. The minimum Gasteiger partial charge on any atom is -0.388 e. The molecule has 1 aromatic carbocycles. The Bertz CT molecular complexity index is 575.